The summed E-state index contributed by atoms with van der Waals surface area (Å²) in [5.41, 5.74) is 1.52. The van der Waals surface area contributed by atoms with Gasteiger partial charge in [0.1, 0.15) is 0 Å². The molecule has 1 fully saturated rings. The molecule has 1 heterocycles. The largest absolute Gasteiger partial charge is 0.373 e. The molecule has 0 saturated carbocycles. The molecule has 0 bridgehead atoms. The third kappa shape index (κ3) is 5.25. The van der Waals surface area contributed by atoms with Crippen molar-refractivity contribution < 1.29 is 9.53 Å². The standard InChI is InChI=1S/C16H28N2O2/c1-13-10-18(11-14(2)20-13)12-16(19)17-9-8-15-6-4-3-5-7-15/h6,13-14H,3-5,7-12H2,1-2H3,(H,17,19). The first-order chi connectivity index (χ1) is 9.63. The minimum absolute atomic E-state index is 0.141. The summed E-state index contributed by atoms with van der Waals surface area (Å²) >= 11 is 0. The number of morpholine rings is 1. The number of carbonyl (C=O) groups excluding carboxylic acids is 1. The van der Waals surface area contributed by atoms with Crippen molar-refractivity contribution in [3.05, 3.63) is 11.6 Å². The van der Waals surface area contributed by atoms with Crippen molar-refractivity contribution in [3.63, 3.8) is 0 Å². The van der Waals surface area contributed by atoms with Gasteiger partial charge in [-0.05, 0) is 46.0 Å². The number of nitrogens with zero attached hydrogens (tertiary/aromatic N) is 1. The van der Waals surface area contributed by atoms with Gasteiger partial charge in [0.15, 0.2) is 0 Å². The molecule has 2 atom stereocenters. The quantitative estimate of drug-likeness (QED) is 0.784. The van der Waals surface area contributed by atoms with Crippen LogP contribution in [0.25, 0.3) is 0 Å². The van der Waals surface area contributed by atoms with E-state index in [1.54, 1.807) is 0 Å². The molecule has 20 heavy (non-hydrogen) atoms. The van der Waals surface area contributed by atoms with Crippen molar-refractivity contribution >= 4 is 5.91 Å². The first-order valence-electron chi connectivity index (χ1n) is 7.96. The Morgan fingerprint density at radius 1 is 1.35 bits per heavy atom. The molecule has 4 heteroatoms. The summed E-state index contributed by atoms with van der Waals surface area (Å²) in [5, 5.41) is 3.04. The highest BCUT2D eigenvalue weighted by molar-refractivity contribution is 5.78. The molecular formula is C16H28N2O2. The van der Waals surface area contributed by atoms with Crippen LogP contribution >= 0.6 is 0 Å². The van der Waals surface area contributed by atoms with E-state index in [1.165, 1.54) is 31.3 Å². The van der Waals surface area contributed by atoms with E-state index < -0.39 is 0 Å². The molecule has 0 aromatic rings. The molecule has 0 aromatic carbocycles. The van der Waals surface area contributed by atoms with Crippen LogP contribution in [0.15, 0.2) is 11.6 Å². The molecule has 4 nitrogen and oxygen atoms in total. The molecule has 0 spiro atoms. The van der Waals surface area contributed by atoms with Crippen molar-refractivity contribution in [2.45, 2.75) is 58.2 Å². The van der Waals surface area contributed by atoms with Crippen molar-refractivity contribution in [1.82, 2.24) is 10.2 Å². The fourth-order valence-corrected chi connectivity index (χ4v) is 3.17. The average molecular weight is 280 g/mol. The summed E-state index contributed by atoms with van der Waals surface area (Å²) in [7, 11) is 0. The predicted molar refractivity (Wildman–Crippen MR) is 80.6 cm³/mol. The molecule has 1 amide bonds. The molecule has 0 aromatic heterocycles. The van der Waals surface area contributed by atoms with Gasteiger partial charge in [-0.3, -0.25) is 9.69 Å². The van der Waals surface area contributed by atoms with Gasteiger partial charge in [-0.15, -0.1) is 0 Å². The van der Waals surface area contributed by atoms with Crippen molar-refractivity contribution in [2.75, 3.05) is 26.2 Å². The second kappa shape index (κ2) is 7.79. The Bertz CT molecular complexity index is 344. The van der Waals surface area contributed by atoms with Gasteiger partial charge in [-0.2, -0.15) is 0 Å². The fourth-order valence-electron chi connectivity index (χ4n) is 3.17. The van der Waals surface area contributed by atoms with Gasteiger partial charge >= 0.3 is 0 Å². The number of ether oxygens (including phenoxy) is 1. The van der Waals surface area contributed by atoms with Crippen LogP contribution in [0.4, 0.5) is 0 Å². The Morgan fingerprint density at radius 2 is 2.10 bits per heavy atom. The molecule has 1 saturated heterocycles. The summed E-state index contributed by atoms with van der Waals surface area (Å²) in [6.07, 6.45) is 8.87. The lowest BCUT2D eigenvalue weighted by molar-refractivity contribution is -0.125. The minimum Gasteiger partial charge on any atom is -0.373 e. The van der Waals surface area contributed by atoms with E-state index in [0.29, 0.717) is 6.54 Å². The van der Waals surface area contributed by atoms with Gasteiger partial charge in [0.05, 0.1) is 18.8 Å². The number of nitrogens with one attached hydrogen (secondary N) is 1. The normalized spacial score (nSPS) is 28.0. The minimum atomic E-state index is 0.141. The number of hydrogen-bond acceptors (Lipinski definition) is 3. The molecule has 114 valence electrons. The van der Waals surface area contributed by atoms with E-state index in [4.69, 9.17) is 4.74 Å². The van der Waals surface area contributed by atoms with Crippen molar-refractivity contribution in [1.29, 1.82) is 0 Å². The number of rotatable bonds is 5. The highest BCUT2D eigenvalue weighted by Gasteiger charge is 2.23. The smallest absolute Gasteiger partial charge is 0.234 e. The van der Waals surface area contributed by atoms with E-state index in [1.807, 2.05) is 0 Å². The first-order valence-corrected chi connectivity index (χ1v) is 7.96. The van der Waals surface area contributed by atoms with Gasteiger partial charge in [-0.25, -0.2) is 0 Å². The van der Waals surface area contributed by atoms with Gasteiger partial charge in [0.25, 0.3) is 0 Å². The summed E-state index contributed by atoms with van der Waals surface area (Å²) in [5.74, 6) is 0.141. The van der Waals surface area contributed by atoms with Crippen LogP contribution in [0.5, 0.6) is 0 Å². The molecule has 2 unspecified atom stereocenters. The van der Waals surface area contributed by atoms with E-state index in [-0.39, 0.29) is 18.1 Å². The molecular weight excluding hydrogens is 252 g/mol. The monoisotopic (exact) mass is 280 g/mol. The zero-order chi connectivity index (χ0) is 14.4. The van der Waals surface area contributed by atoms with E-state index in [2.05, 4.69) is 30.1 Å². The third-order valence-electron chi connectivity index (χ3n) is 4.02. The highest BCUT2D eigenvalue weighted by atomic mass is 16.5. The molecule has 1 aliphatic heterocycles. The van der Waals surface area contributed by atoms with E-state index in [0.717, 1.165) is 26.1 Å². The van der Waals surface area contributed by atoms with Crippen LogP contribution in [0.3, 0.4) is 0 Å². The Hall–Kier alpha value is -0.870. The van der Waals surface area contributed by atoms with Gasteiger partial charge in [0, 0.05) is 19.6 Å². The summed E-state index contributed by atoms with van der Waals surface area (Å²) in [6, 6.07) is 0. The topological polar surface area (TPSA) is 41.6 Å². The molecule has 1 N–H and O–H groups in total. The second-order valence-electron chi connectivity index (χ2n) is 6.16. The van der Waals surface area contributed by atoms with Crippen LogP contribution in [-0.4, -0.2) is 49.2 Å². The van der Waals surface area contributed by atoms with Gasteiger partial charge < -0.3 is 10.1 Å². The van der Waals surface area contributed by atoms with Gasteiger partial charge in [-0.1, -0.05) is 11.6 Å². The van der Waals surface area contributed by atoms with Crippen LogP contribution < -0.4 is 5.32 Å². The second-order valence-corrected chi connectivity index (χ2v) is 6.16. The maximum absolute atomic E-state index is 12.0. The lowest BCUT2D eigenvalue weighted by Crippen LogP contribution is -2.49. The fraction of sp³-hybridized carbons (Fsp3) is 0.812. The SMILES string of the molecule is CC1CN(CC(=O)NCCC2=CCCCC2)CC(C)O1. The highest BCUT2D eigenvalue weighted by Crippen LogP contribution is 2.19. The van der Waals surface area contributed by atoms with Crippen LogP contribution in [-0.2, 0) is 9.53 Å². The zero-order valence-corrected chi connectivity index (χ0v) is 12.9. The Kier molecular flexibility index (Phi) is 6.05. The van der Waals surface area contributed by atoms with E-state index >= 15 is 0 Å². The molecule has 0 radical (unpaired) electrons. The van der Waals surface area contributed by atoms with Crippen molar-refractivity contribution in [2.24, 2.45) is 0 Å². The number of carbonyl (C=O) groups is 1. The Labute approximate surface area is 122 Å². The number of allylic oxidation sites excluding steroid dienone is 1. The third-order valence-corrected chi connectivity index (χ3v) is 4.02. The number of hydrogen-bond donors (Lipinski definition) is 1. The van der Waals surface area contributed by atoms with Crippen LogP contribution in [0.1, 0.15) is 46.0 Å². The Balaban J connectivity index is 1.63. The maximum atomic E-state index is 12.0. The summed E-state index contributed by atoms with van der Waals surface area (Å²) < 4.78 is 5.68. The van der Waals surface area contributed by atoms with Crippen LogP contribution in [0.2, 0.25) is 0 Å². The summed E-state index contributed by atoms with van der Waals surface area (Å²) in [6.45, 7) is 7.11. The summed E-state index contributed by atoms with van der Waals surface area (Å²) in [4.78, 5) is 14.1. The number of amides is 1. The van der Waals surface area contributed by atoms with Gasteiger partial charge in [0.2, 0.25) is 5.91 Å². The van der Waals surface area contributed by atoms with Crippen molar-refractivity contribution in [3.8, 4) is 0 Å². The predicted octanol–water partition coefficient (Wildman–Crippen LogP) is 2.10. The molecule has 2 rings (SSSR count). The van der Waals surface area contributed by atoms with Crippen LogP contribution in [0, 0.1) is 0 Å². The lowest BCUT2D eigenvalue weighted by atomic mass is 9.97. The van der Waals surface area contributed by atoms with E-state index in [9.17, 15) is 4.79 Å². The maximum Gasteiger partial charge on any atom is 0.234 e. The molecule has 1 aliphatic carbocycles. The Morgan fingerprint density at radius 3 is 2.75 bits per heavy atom. The average Bonchev–Trinajstić information content (AvgIpc) is 2.38. The lowest BCUT2D eigenvalue weighted by Gasteiger charge is -2.34. The molecule has 2 aliphatic rings. The first kappa shape index (κ1) is 15.5. The zero-order valence-electron chi connectivity index (χ0n) is 12.9.